The molecule has 2 aromatic carbocycles. The molecule has 1 aliphatic heterocycles. The second-order valence-electron chi connectivity index (χ2n) is 8.98. The zero-order valence-electron chi connectivity index (χ0n) is 20.9. The van der Waals surface area contributed by atoms with Crippen molar-refractivity contribution in [1.82, 2.24) is 9.88 Å². The van der Waals surface area contributed by atoms with Crippen molar-refractivity contribution < 1.29 is 24.3 Å². The van der Waals surface area contributed by atoms with Gasteiger partial charge in [0.1, 0.15) is 5.69 Å². The van der Waals surface area contributed by atoms with E-state index in [0.29, 0.717) is 41.9 Å². The Morgan fingerprint density at radius 3 is 2.39 bits per heavy atom. The predicted octanol–water partition coefficient (Wildman–Crippen LogP) is 3.92. The van der Waals surface area contributed by atoms with Gasteiger partial charge in [-0.1, -0.05) is 54.6 Å². The molecule has 0 aliphatic carbocycles. The number of carbonyl (C=O) groups is 4. The second-order valence-corrected chi connectivity index (χ2v) is 8.98. The highest BCUT2D eigenvalue weighted by Gasteiger charge is 2.35. The number of nitrogens with zero attached hydrogens (tertiary/aromatic N) is 3. The summed E-state index contributed by atoms with van der Waals surface area (Å²) >= 11 is 0. The van der Waals surface area contributed by atoms with Gasteiger partial charge >= 0.3 is 5.97 Å². The lowest BCUT2D eigenvalue weighted by atomic mass is 9.88. The molecule has 4 rings (SSSR count). The van der Waals surface area contributed by atoms with E-state index in [2.05, 4.69) is 15.3 Å². The Bertz CT molecular complexity index is 1360. The first-order valence-electron chi connectivity index (χ1n) is 12.3. The zero-order chi connectivity index (χ0) is 27.1. The van der Waals surface area contributed by atoms with Crippen molar-refractivity contribution in [2.45, 2.75) is 38.1 Å². The maximum atomic E-state index is 13.0. The molecular formula is C29H28N4O5. The number of para-hydroxylation sites is 1. The molecule has 2 heterocycles. The largest absolute Gasteiger partial charge is 0.480 e. The van der Waals surface area contributed by atoms with Gasteiger partial charge in [-0.2, -0.15) is 0 Å². The third-order valence-corrected chi connectivity index (χ3v) is 6.43. The lowest BCUT2D eigenvalue weighted by Crippen LogP contribution is -2.36. The van der Waals surface area contributed by atoms with Crippen molar-refractivity contribution >= 4 is 35.1 Å². The molecule has 0 spiro atoms. The lowest BCUT2D eigenvalue weighted by molar-refractivity contribution is -0.142. The Hall–Kier alpha value is -4.66. The minimum atomic E-state index is -1.31. The van der Waals surface area contributed by atoms with E-state index in [1.54, 1.807) is 79.7 Å². The van der Waals surface area contributed by atoms with Crippen molar-refractivity contribution in [3.05, 3.63) is 95.8 Å². The number of benzene rings is 2. The van der Waals surface area contributed by atoms with Gasteiger partial charge in [0.25, 0.3) is 5.91 Å². The summed E-state index contributed by atoms with van der Waals surface area (Å²) in [5, 5.41) is 13.0. The summed E-state index contributed by atoms with van der Waals surface area (Å²) in [6.45, 7) is 2.00. The highest BCUT2D eigenvalue weighted by molar-refractivity contribution is 6.10. The summed E-state index contributed by atoms with van der Waals surface area (Å²) in [4.78, 5) is 60.2. The molecule has 2 atom stereocenters. The van der Waals surface area contributed by atoms with Crippen LogP contribution < -0.4 is 5.32 Å². The molecule has 3 amide bonds. The van der Waals surface area contributed by atoms with Crippen LogP contribution in [0.5, 0.6) is 0 Å². The number of rotatable bonds is 9. The first kappa shape index (κ1) is 26.4. The third-order valence-electron chi connectivity index (χ3n) is 6.43. The van der Waals surface area contributed by atoms with Crippen LogP contribution in [-0.2, 0) is 14.4 Å². The number of aliphatic imine (C=N–C) groups is 1. The number of likely N-dealkylation sites (tertiary alicyclic amines) is 1. The third kappa shape index (κ3) is 6.18. The number of carboxylic acid groups (broad SMARTS) is 1. The molecule has 0 bridgehead atoms. The van der Waals surface area contributed by atoms with Gasteiger partial charge in [-0.25, -0.2) is 4.79 Å². The maximum Gasteiger partial charge on any atom is 0.329 e. The van der Waals surface area contributed by atoms with Crippen LogP contribution in [0, 0.1) is 0 Å². The van der Waals surface area contributed by atoms with Crippen LogP contribution in [0.1, 0.15) is 53.7 Å². The van der Waals surface area contributed by atoms with Gasteiger partial charge in [-0.3, -0.25) is 29.3 Å². The molecule has 1 saturated heterocycles. The molecule has 38 heavy (non-hydrogen) atoms. The molecule has 0 saturated carbocycles. The molecule has 1 aromatic heterocycles. The van der Waals surface area contributed by atoms with Crippen LogP contribution in [0.2, 0.25) is 0 Å². The van der Waals surface area contributed by atoms with E-state index >= 15 is 0 Å². The fraction of sp³-hybridized carbons (Fsp3) is 0.241. The zero-order valence-corrected chi connectivity index (χ0v) is 20.9. The van der Waals surface area contributed by atoms with Gasteiger partial charge in [0.05, 0.1) is 5.69 Å². The number of carbonyl (C=O) groups excluding carboxylic acids is 3. The van der Waals surface area contributed by atoms with Gasteiger partial charge in [0, 0.05) is 42.8 Å². The SMILES string of the molecule is CC(=N[C@@H](C(=O)O)[C@@H](CC(=O)N1CCCC1=O)c1ccccc1)c1ccccc1NC(=O)c1ccccn1. The molecule has 9 heteroatoms. The molecule has 1 fully saturated rings. The number of anilines is 1. The summed E-state index contributed by atoms with van der Waals surface area (Å²) in [6, 6.07) is 19.5. The van der Waals surface area contributed by atoms with Crippen LogP contribution in [0.3, 0.4) is 0 Å². The molecule has 0 unspecified atom stereocenters. The standard InChI is InChI=1S/C29H28N4O5/c1-19(21-12-5-6-13-23(21)32-28(36)24-14-7-8-16-30-24)31-27(29(37)38)22(20-10-3-2-4-11-20)18-26(35)33-17-9-15-25(33)34/h2-8,10-14,16,22,27H,9,15,17-18H2,1H3,(H,32,36)(H,37,38)/t22-,27+/m0/s1. The number of carboxylic acids is 1. The number of hydrogen-bond acceptors (Lipinski definition) is 6. The number of imide groups is 1. The van der Waals surface area contributed by atoms with Gasteiger partial charge in [0.2, 0.25) is 11.8 Å². The number of hydrogen-bond donors (Lipinski definition) is 2. The van der Waals surface area contributed by atoms with Crippen LogP contribution in [0.15, 0.2) is 84.0 Å². The molecule has 194 valence electrons. The number of amides is 3. The Kier molecular flexibility index (Phi) is 8.37. The van der Waals surface area contributed by atoms with Crippen molar-refractivity contribution in [3.8, 4) is 0 Å². The minimum Gasteiger partial charge on any atom is -0.480 e. The average molecular weight is 513 g/mol. The van der Waals surface area contributed by atoms with E-state index in [1.807, 2.05) is 0 Å². The predicted molar refractivity (Wildman–Crippen MR) is 142 cm³/mol. The quantitative estimate of drug-likeness (QED) is 0.418. The van der Waals surface area contributed by atoms with Crippen LogP contribution in [0.4, 0.5) is 5.69 Å². The van der Waals surface area contributed by atoms with Crippen molar-refractivity contribution in [2.24, 2.45) is 4.99 Å². The van der Waals surface area contributed by atoms with Crippen LogP contribution in [-0.4, -0.2) is 57.0 Å². The monoisotopic (exact) mass is 512 g/mol. The summed E-state index contributed by atoms with van der Waals surface area (Å²) in [6.07, 6.45) is 2.25. The average Bonchev–Trinajstić information content (AvgIpc) is 3.37. The van der Waals surface area contributed by atoms with Crippen LogP contribution in [0.25, 0.3) is 0 Å². The molecule has 3 aromatic rings. The first-order chi connectivity index (χ1) is 18.3. The molecule has 9 nitrogen and oxygen atoms in total. The number of aliphatic carboxylic acids is 1. The minimum absolute atomic E-state index is 0.179. The molecule has 2 N–H and O–H groups in total. The molecular weight excluding hydrogens is 484 g/mol. The Morgan fingerprint density at radius 2 is 1.74 bits per heavy atom. The molecule has 1 aliphatic rings. The fourth-order valence-corrected chi connectivity index (χ4v) is 4.51. The van der Waals surface area contributed by atoms with Crippen molar-refractivity contribution in [3.63, 3.8) is 0 Å². The van der Waals surface area contributed by atoms with E-state index in [0.717, 1.165) is 0 Å². The van der Waals surface area contributed by atoms with E-state index in [-0.39, 0.29) is 18.0 Å². The number of nitrogens with one attached hydrogen (secondary N) is 1. The number of aromatic nitrogens is 1. The topological polar surface area (TPSA) is 129 Å². The summed E-state index contributed by atoms with van der Waals surface area (Å²) in [5.74, 6) is -3.08. The van der Waals surface area contributed by atoms with E-state index in [9.17, 15) is 24.3 Å². The smallest absolute Gasteiger partial charge is 0.329 e. The van der Waals surface area contributed by atoms with Gasteiger partial charge in [-0.05, 0) is 37.1 Å². The van der Waals surface area contributed by atoms with Crippen molar-refractivity contribution in [2.75, 3.05) is 11.9 Å². The van der Waals surface area contributed by atoms with E-state index < -0.39 is 29.7 Å². The van der Waals surface area contributed by atoms with E-state index in [1.165, 1.54) is 11.1 Å². The Labute approximate surface area is 220 Å². The first-order valence-corrected chi connectivity index (χ1v) is 12.3. The Balaban J connectivity index is 1.66. The normalized spacial score (nSPS) is 15.1. The summed E-state index contributed by atoms with van der Waals surface area (Å²) in [7, 11) is 0. The molecule has 0 radical (unpaired) electrons. The highest BCUT2D eigenvalue weighted by atomic mass is 16.4. The van der Waals surface area contributed by atoms with Crippen molar-refractivity contribution in [1.29, 1.82) is 0 Å². The fourth-order valence-electron chi connectivity index (χ4n) is 4.51. The maximum absolute atomic E-state index is 13.0. The lowest BCUT2D eigenvalue weighted by Gasteiger charge is -2.24. The summed E-state index contributed by atoms with van der Waals surface area (Å²) in [5.41, 5.74) is 2.23. The van der Waals surface area contributed by atoms with Gasteiger partial charge in [0.15, 0.2) is 6.04 Å². The van der Waals surface area contributed by atoms with Crippen LogP contribution >= 0.6 is 0 Å². The van der Waals surface area contributed by atoms with E-state index in [4.69, 9.17) is 0 Å². The number of pyridine rings is 1. The summed E-state index contributed by atoms with van der Waals surface area (Å²) < 4.78 is 0. The van der Waals surface area contributed by atoms with Gasteiger partial charge in [-0.15, -0.1) is 0 Å². The second kappa shape index (κ2) is 12.1. The highest BCUT2D eigenvalue weighted by Crippen LogP contribution is 2.29. The van der Waals surface area contributed by atoms with Gasteiger partial charge < -0.3 is 10.4 Å². The Morgan fingerprint density at radius 1 is 1.03 bits per heavy atom.